The molecular formula is C11H14N4O. The summed E-state index contributed by atoms with van der Waals surface area (Å²) in [6.07, 6.45) is 2.12. The van der Waals surface area contributed by atoms with E-state index in [0.717, 1.165) is 17.9 Å². The zero-order valence-corrected chi connectivity index (χ0v) is 9.61. The van der Waals surface area contributed by atoms with Crippen LogP contribution in [0.25, 0.3) is 11.0 Å². The van der Waals surface area contributed by atoms with Crippen molar-refractivity contribution in [2.45, 2.75) is 33.1 Å². The zero-order chi connectivity index (χ0) is 11.7. The predicted molar refractivity (Wildman–Crippen MR) is 61.4 cm³/mol. The van der Waals surface area contributed by atoms with Crippen molar-refractivity contribution in [3.63, 3.8) is 0 Å². The highest BCUT2D eigenvalue weighted by atomic mass is 16.1. The van der Waals surface area contributed by atoms with Gasteiger partial charge >= 0.3 is 0 Å². The van der Waals surface area contributed by atoms with Crippen LogP contribution in [-0.4, -0.2) is 19.9 Å². The Kier molecular flexibility index (Phi) is 2.68. The quantitative estimate of drug-likeness (QED) is 0.827. The van der Waals surface area contributed by atoms with E-state index >= 15 is 0 Å². The van der Waals surface area contributed by atoms with Crippen LogP contribution in [0, 0.1) is 0 Å². The number of rotatable bonds is 2. The number of aryl methyl sites for hydroxylation is 1. The Bertz CT molecular complexity index is 574. The summed E-state index contributed by atoms with van der Waals surface area (Å²) in [5, 5.41) is 0.509. The Labute approximate surface area is 93.0 Å². The van der Waals surface area contributed by atoms with Crippen molar-refractivity contribution < 1.29 is 0 Å². The maximum Gasteiger partial charge on any atom is 0.262 e. The highest BCUT2D eigenvalue weighted by molar-refractivity contribution is 5.76. The summed E-state index contributed by atoms with van der Waals surface area (Å²) < 4.78 is 0. The van der Waals surface area contributed by atoms with Gasteiger partial charge in [0.15, 0.2) is 5.65 Å². The van der Waals surface area contributed by atoms with E-state index in [2.05, 4.69) is 19.9 Å². The van der Waals surface area contributed by atoms with Gasteiger partial charge in [-0.2, -0.15) is 0 Å². The van der Waals surface area contributed by atoms with Crippen LogP contribution in [0.5, 0.6) is 0 Å². The molecule has 0 aliphatic heterocycles. The molecule has 2 heterocycles. The molecule has 0 fully saturated rings. The fraction of sp³-hybridized carbons (Fsp3) is 0.455. The lowest BCUT2D eigenvalue weighted by molar-refractivity contribution is 0.798. The van der Waals surface area contributed by atoms with Crippen molar-refractivity contribution in [2.24, 2.45) is 0 Å². The zero-order valence-electron chi connectivity index (χ0n) is 9.61. The number of hydrogen-bond donors (Lipinski definition) is 1. The van der Waals surface area contributed by atoms with Gasteiger partial charge in [-0.3, -0.25) is 4.79 Å². The standard InChI is InChI=1S/C11H14N4O/c1-4-7-14-9(6(2)3)8-10(15-7)12-5-13-11(8)16/h5-6H,4H2,1-3H3,(H,12,13,14,15,16). The molecule has 0 saturated heterocycles. The highest BCUT2D eigenvalue weighted by Gasteiger charge is 2.13. The highest BCUT2D eigenvalue weighted by Crippen LogP contribution is 2.18. The van der Waals surface area contributed by atoms with Crippen molar-refractivity contribution in [2.75, 3.05) is 0 Å². The summed E-state index contributed by atoms with van der Waals surface area (Å²) in [4.78, 5) is 27.0. The molecule has 5 nitrogen and oxygen atoms in total. The Morgan fingerprint density at radius 3 is 2.75 bits per heavy atom. The number of aromatic amines is 1. The molecule has 0 aliphatic rings. The van der Waals surface area contributed by atoms with E-state index in [9.17, 15) is 4.79 Å². The minimum Gasteiger partial charge on any atom is -0.312 e. The van der Waals surface area contributed by atoms with E-state index in [1.54, 1.807) is 0 Å². The summed E-state index contributed by atoms with van der Waals surface area (Å²) in [5.41, 5.74) is 1.09. The molecule has 1 N–H and O–H groups in total. The summed E-state index contributed by atoms with van der Waals surface area (Å²) in [6, 6.07) is 0. The number of nitrogens with zero attached hydrogens (tertiary/aromatic N) is 3. The maximum absolute atomic E-state index is 11.7. The van der Waals surface area contributed by atoms with Gasteiger partial charge in [-0.25, -0.2) is 15.0 Å². The molecule has 16 heavy (non-hydrogen) atoms. The lowest BCUT2D eigenvalue weighted by Crippen LogP contribution is -2.14. The molecule has 0 aromatic carbocycles. The summed E-state index contributed by atoms with van der Waals surface area (Å²) >= 11 is 0. The van der Waals surface area contributed by atoms with Crippen molar-refractivity contribution >= 4 is 11.0 Å². The van der Waals surface area contributed by atoms with Gasteiger partial charge in [0.2, 0.25) is 0 Å². The molecule has 84 valence electrons. The molecule has 0 bridgehead atoms. The first kappa shape index (κ1) is 10.7. The van der Waals surface area contributed by atoms with Gasteiger partial charge in [-0.1, -0.05) is 20.8 Å². The Hall–Kier alpha value is -1.78. The van der Waals surface area contributed by atoms with Gasteiger partial charge < -0.3 is 4.98 Å². The van der Waals surface area contributed by atoms with Crippen LogP contribution in [0.2, 0.25) is 0 Å². The Morgan fingerprint density at radius 2 is 2.12 bits per heavy atom. The van der Waals surface area contributed by atoms with E-state index in [1.165, 1.54) is 6.33 Å². The number of fused-ring (bicyclic) bond motifs is 1. The average Bonchev–Trinajstić information content (AvgIpc) is 2.27. The third-order valence-corrected chi connectivity index (χ3v) is 2.44. The van der Waals surface area contributed by atoms with Crippen molar-refractivity contribution in [1.29, 1.82) is 0 Å². The second-order valence-corrected chi connectivity index (χ2v) is 3.96. The van der Waals surface area contributed by atoms with E-state index in [4.69, 9.17) is 0 Å². The van der Waals surface area contributed by atoms with Crippen LogP contribution in [0.3, 0.4) is 0 Å². The van der Waals surface area contributed by atoms with Crippen LogP contribution in [-0.2, 0) is 6.42 Å². The minimum atomic E-state index is -0.170. The molecule has 0 aliphatic carbocycles. The minimum absolute atomic E-state index is 0.170. The van der Waals surface area contributed by atoms with Crippen LogP contribution in [0.1, 0.15) is 38.2 Å². The molecular weight excluding hydrogens is 204 g/mol. The SMILES string of the molecule is CCc1nc(C(C)C)c2c(=O)[nH]cnc2n1. The number of nitrogens with one attached hydrogen (secondary N) is 1. The molecule has 2 rings (SSSR count). The topological polar surface area (TPSA) is 71.5 Å². The molecule has 0 atom stereocenters. The first-order chi connectivity index (χ1) is 7.63. The predicted octanol–water partition coefficient (Wildman–Crippen LogP) is 1.40. The fourth-order valence-corrected chi connectivity index (χ4v) is 1.62. The number of hydrogen-bond acceptors (Lipinski definition) is 4. The Balaban J connectivity index is 2.88. The first-order valence-electron chi connectivity index (χ1n) is 5.37. The average molecular weight is 218 g/mol. The summed E-state index contributed by atoms with van der Waals surface area (Å²) in [5.74, 6) is 0.912. The van der Waals surface area contributed by atoms with Crippen molar-refractivity contribution in [3.05, 3.63) is 28.2 Å². The molecule has 2 aromatic rings. The van der Waals surface area contributed by atoms with E-state index in [-0.39, 0.29) is 11.5 Å². The monoisotopic (exact) mass is 218 g/mol. The molecule has 0 spiro atoms. The van der Waals surface area contributed by atoms with Gasteiger partial charge in [0.25, 0.3) is 5.56 Å². The summed E-state index contributed by atoms with van der Waals surface area (Å²) in [6.45, 7) is 6.00. The van der Waals surface area contributed by atoms with E-state index in [1.807, 2.05) is 20.8 Å². The lowest BCUT2D eigenvalue weighted by atomic mass is 10.1. The molecule has 0 radical (unpaired) electrons. The third-order valence-electron chi connectivity index (χ3n) is 2.44. The van der Waals surface area contributed by atoms with E-state index < -0.39 is 0 Å². The third kappa shape index (κ3) is 1.68. The van der Waals surface area contributed by atoms with Crippen molar-refractivity contribution in [1.82, 2.24) is 19.9 Å². The fourth-order valence-electron chi connectivity index (χ4n) is 1.62. The van der Waals surface area contributed by atoms with E-state index in [0.29, 0.717) is 11.0 Å². The smallest absolute Gasteiger partial charge is 0.262 e. The van der Waals surface area contributed by atoms with Gasteiger partial charge in [0.1, 0.15) is 11.2 Å². The molecule has 0 saturated carbocycles. The normalized spacial score (nSPS) is 11.2. The lowest BCUT2D eigenvalue weighted by Gasteiger charge is -2.08. The van der Waals surface area contributed by atoms with Crippen LogP contribution in [0.4, 0.5) is 0 Å². The summed E-state index contributed by atoms with van der Waals surface area (Å²) in [7, 11) is 0. The van der Waals surface area contributed by atoms with Crippen molar-refractivity contribution in [3.8, 4) is 0 Å². The van der Waals surface area contributed by atoms with Crippen LogP contribution >= 0.6 is 0 Å². The first-order valence-corrected chi connectivity index (χ1v) is 5.37. The van der Waals surface area contributed by atoms with Crippen LogP contribution in [0.15, 0.2) is 11.1 Å². The Morgan fingerprint density at radius 1 is 1.38 bits per heavy atom. The molecule has 0 amide bonds. The second-order valence-electron chi connectivity index (χ2n) is 3.96. The second kappa shape index (κ2) is 4.00. The van der Waals surface area contributed by atoms with Gasteiger partial charge in [-0.05, 0) is 5.92 Å². The molecule has 2 aromatic heterocycles. The number of H-pyrrole nitrogens is 1. The van der Waals surface area contributed by atoms with Gasteiger partial charge in [0, 0.05) is 6.42 Å². The van der Waals surface area contributed by atoms with Crippen LogP contribution < -0.4 is 5.56 Å². The molecule has 0 unspecified atom stereocenters. The number of aromatic nitrogens is 4. The maximum atomic E-state index is 11.7. The van der Waals surface area contributed by atoms with Gasteiger partial charge in [0.05, 0.1) is 12.0 Å². The largest absolute Gasteiger partial charge is 0.312 e. The molecule has 5 heteroatoms. The van der Waals surface area contributed by atoms with Gasteiger partial charge in [-0.15, -0.1) is 0 Å².